The molecule has 0 spiro atoms. The molecule has 2 rings (SSSR count). The van der Waals surface area contributed by atoms with Gasteiger partial charge in [0.25, 0.3) is 0 Å². The monoisotopic (exact) mass is 590 g/mol. The molecule has 0 amide bonds. The SMILES string of the molecule is COc1ccc(C2OC(CCC(C)(C)C)CC(C(C)(C)C(C)(C)CCC(C)(C)C(C)(C)C[C@@H](O)C(C)(C)C)O2)cc1O. The molecule has 1 saturated heterocycles. The number of benzene rings is 1. The summed E-state index contributed by atoms with van der Waals surface area (Å²) in [6.45, 7) is 32.0. The van der Waals surface area contributed by atoms with Gasteiger partial charge in [-0.05, 0) is 76.7 Å². The van der Waals surface area contributed by atoms with Gasteiger partial charge < -0.3 is 24.4 Å². The van der Waals surface area contributed by atoms with Gasteiger partial charge in [-0.1, -0.05) is 103 Å². The number of rotatable bonds is 12. The van der Waals surface area contributed by atoms with Gasteiger partial charge in [0, 0.05) is 12.0 Å². The number of methoxy groups -OCH3 is 1. The van der Waals surface area contributed by atoms with Crippen molar-refractivity contribution in [2.45, 2.75) is 160 Å². The molecule has 2 N–H and O–H groups in total. The van der Waals surface area contributed by atoms with Gasteiger partial charge in [-0.2, -0.15) is 0 Å². The highest BCUT2D eigenvalue weighted by atomic mass is 16.7. The van der Waals surface area contributed by atoms with Crippen molar-refractivity contribution in [1.82, 2.24) is 0 Å². The second-order valence-corrected chi connectivity index (χ2v) is 17.9. The molecule has 0 bridgehead atoms. The summed E-state index contributed by atoms with van der Waals surface area (Å²) in [5, 5.41) is 21.5. The summed E-state index contributed by atoms with van der Waals surface area (Å²) in [6, 6.07) is 5.42. The fourth-order valence-corrected chi connectivity index (χ4v) is 5.75. The van der Waals surface area contributed by atoms with E-state index in [2.05, 4.69) is 96.9 Å². The van der Waals surface area contributed by atoms with Crippen LogP contribution in [0, 0.1) is 32.5 Å². The predicted molar refractivity (Wildman–Crippen MR) is 175 cm³/mol. The number of aliphatic hydroxyl groups excluding tert-OH is 1. The average Bonchev–Trinajstić information content (AvgIpc) is 2.84. The molecule has 0 aliphatic carbocycles. The standard InChI is InChI=1S/C37H66O5/c1-32(2,3)19-18-26-23-30(42-31(41-26)25-16-17-28(40-15)27(38)22-25)37(13,14)35(9,10)21-20-34(7,8)36(11,12)24-29(39)33(4,5)6/h16-17,22,26,29-31,38-39H,18-21,23-24H2,1-15H3/t26?,29-,30?,31?/m1/s1. The lowest BCUT2D eigenvalue weighted by Crippen LogP contribution is -2.49. The molecule has 0 radical (unpaired) electrons. The quantitative estimate of drug-likeness (QED) is 0.253. The van der Waals surface area contributed by atoms with E-state index in [1.54, 1.807) is 19.2 Å². The summed E-state index contributed by atoms with van der Waals surface area (Å²) >= 11 is 0. The van der Waals surface area contributed by atoms with Gasteiger partial charge >= 0.3 is 0 Å². The average molecular weight is 591 g/mol. The van der Waals surface area contributed by atoms with Gasteiger partial charge in [-0.3, -0.25) is 0 Å². The van der Waals surface area contributed by atoms with E-state index in [4.69, 9.17) is 14.2 Å². The van der Waals surface area contributed by atoms with E-state index in [-0.39, 0.29) is 56.6 Å². The Hall–Kier alpha value is -1.30. The largest absolute Gasteiger partial charge is 0.504 e. The molecule has 3 unspecified atom stereocenters. The Morgan fingerprint density at radius 2 is 1.38 bits per heavy atom. The lowest BCUT2D eigenvalue weighted by atomic mass is 9.56. The molecule has 5 nitrogen and oxygen atoms in total. The van der Waals surface area contributed by atoms with Crippen molar-refractivity contribution < 1.29 is 24.4 Å². The summed E-state index contributed by atoms with van der Waals surface area (Å²) < 4.78 is 18.6. The van der Waals surface area contributed by atoms with E-state index >= 15 is 0 Å². The first kappa shape index (κ1) is 36.9. The third kappa shape index (κ3) is 9.11. The molecule has 0 aromatic heterocycles. The number of hydrogen-bond acceptors (Lipinski definition) is 5. The van der Waals surface area contributed by atoms with Crippen LogP contribution in [0.5, 0.6) is 11.5 Å². The highest BCUT2D eigenvalue weighted by Crippen LogP contribution is 2.54. The highest BCUT2D eigenvalue weighted by molar-refractivity contribution is 5.42. The number of phenolic OH excluding ortho intramolecular Hbond substituents is 1. The third-order valence-corrected chi connectivity index (χ3v) is 11.2. The van der Waals surface area contributed by atoms with E-state index in [1.807, 2.05) is 6.07 Å². The minimum absolute atomic E-state index is 0.0145. The van der Waals surface area contributed by atoms with Gasteiger partial charge in [-0.15, -0.1) is 0 Å². The van der Waals surface area contributed by atoms with Crippen LogP contribution in [0.3, 0.4) is 0 Å². The molecular formula is C37H66O5. The summed E-state index contributed by atoms with van der Waals surface area (Å²) in [7, 11) is 1.56. The molecule has 1 aromatic rings. The first-order valence-electron chi connectivity index (χ1n) is 16.2. The Balaban J connectivity index is 2.30. The Bertz CT molecular complexity index is 1010. The zero-order chi connectivity index (χ0) is 32.5. The fraction of sp³-hybridized carbons (Fsp3) is 0.838. The van der Waals surface area contributed by atoms with Crippen molar-refractivity contribution in [2.75, 3.05) is 7.11 Å². The molecule has 1 heterocycles. The lowest BCUT2D eigenvalue weighted by molar-refractivity contribution is -0.281. The van der Waals surface area contributed by atoms with Crippen LogP contribution in [0.15, 0.2) is 18.2 Å². The molecule has 5 heteroatoms. The molecule has 0 saturated carbocycles. The summed E-state index contributed by atoms with van der Waals surface area (Å²) in [4.78, 5) is 0. The van der Waals surface area contributed by atoms with E-state index in [9.17, 15) is 10.2 Å². The summed E-state index contributed by atoms with van der Waals surface area (Å²) in [5.41, 5.74) is 0.763. The van der Waals surface area contributed by atoms with Gasteiger partial charge in [0.1, 0.15) is 0 Å². The van der Waals surface area contributed by atoms with E-state index < -0.39 is 6.29 Å². The van der Waals surface area contributed by atoms with E-state index in [1.165, 1.54) is 0 Å². The fourth-order valence-electron chi connectivity index (χ4n) is 5.75. The van der Waals surface area contributed by atoms with Crippen molar-refractivity contribution in [3.8, 4) is 11.5 Å². The molecule has 244 valence electrons. The van der Waals surface area contributed by atoms with Crippen LogP contribution in [-0.4, -0.2) is 35.6 Å². The minimum Gasteiger partial charge on any atom is -0.504 e. The minimum atomic E-state index is -0.546. The molecule has 1 aliphatic rings. The molecule has 1 fully saturated rings. The topological polar surface area (TPSA) is 68.2 Å². The maximum Gasteiger partial charge on any atom is 0.184 e. The van der Waals surface area contributed by atoms with Gasteiger partial charge in [0.05, 0.1) is 25.4 Å². The Labute approximate surface area is 259 Å². The molecular weight excluding hydrogens is 524 g/mol. The first-order chi connectivity index (χ1) is 18.8. The van der Waals surface area contributed by atoms with Crippen LogP contribution in [0.1, 0.15) is 147 Å². The summed E-state index contributed by atoms with van der Waals surface area (Å²) in [5.74, 6) is 0.536. The predicted octanol–water partition coefficient (Wildman–Crippen LogP) is 10.1. The summed E-state index contributed by atoms with van der Waals surface area (Å²) in [6.07, 6.45) is 4.93. The van der Waals surface area contributed by atoms with Crippen molar-refractivity contribution in [3.63, 3.8) is 0 Å². The number of phenols is 1. The second kappa shape index (κ2) is 13.0. The zero-order valence-corrected chi connectivity index (χ0v) is 29.9. The maximum atomic E-state index is 10.9. The number of aromatic hydroxyl groups is 1. The van der Waals surface area contributed by atoms with Gasteiger partial charge in [-0.25, -0.2) is 0 Å². The third-order valence-electron chi connectivity index (χ3n) is 11.2. The molecule has 1 aliphatic heterocycles. The van der Waals surface area contributed by atoms with Gasteiger partial charge in [0.2, 0.25) is 0 Å². The van der Waals surface area contributed by atoms with Crippen LogP contribution in [0.4, 0.5) is 0 Å². The molecule has 4 atom stereocenters. The van der Waals surface area contributed by atoms with E-state index in [0.717, 1.165) is 44.1 Å². The van der Waals surface area contributed by atoms with E-state index in [0.29, 0.717) is 5.75 Å². The Morgan fingerprint density at radius 1 is 0.810 bits per heavy atom. The molecule has 1 aromatic carbocycles. The number of ether oxygens (including phenoxy) is 3. The Morgan fingerprint density at radius 3 is 1.88 bits per heavy atom. The maximum absolute atomic E-state index is 10.9. The highest BCUT2D eigenvalue weighted by Gasteiger charge is 2.49. The number of aliphatic hydroxyl groups is 1. The van der Waals surface area contributed by atoms with Crippen molar-refractivity contribution >= 4 is 0 Å². The van der Waals surface area contributed by atoms with Crippen LogP contribution in [0.2, 0.25) is 0 Å². The van der Waals surface area contributed by atoms with Crippen LogP contribution >= 0.6 is 0 Å². The number of hydrogen-bond donors (Lipinski definition) is 2. The van der Waals surface area contributed by atoms with Crippen LogP contribution < -0.4 is 4.74 Å². The van der Waals surface area contributed by atoms with Crippen LogP contribution in [0.25, 0.3) is 0 Å². The lowest BCUT2D eigenvalue weighted by Gasteiger charge is -2.52. The van der Waals surface area contributed by atoms with Crippen LogP contribution in [-0.2, 0) is 9.47 Å². The smallest absolute Gasteiger partial charge is 0.184 e. The van der Waals surface area contributed by atoms with Gasteiger partial charge in [0.15, 0.2) is 17.8 Å². The van der Waals surface area contributed by atoms with Crippen molar-refractivity contribution in [3.05, 3.63) is 23.8 Å². The molecule has 42 heavy (non-hydrogen) atoms. The van der Waals surface area contributed by atoms with Crippen molar-refractivity contribution in [1.29, 1.82) is 0 Å². The van der Waals surface area contributed by atoms with Crippen molar-refractivity contribution in [2.24, 2.45) is 32.5 Å². The zero-order valence-electron chi connectivity index (χ0n) is 29.9. The second-order valence-electron chi connectivity index (χ2n) is 17.9. The first-order valence-corrected chi connectivity index (χ1v) is 16.2. The Kier molecular flexibility index (Phi) is 11.4. The normalized spacial score (nSPS) is 22.2.